The number of para-hydroxylation sites is 1. The molecule has 2 aliphatic heterocycles. The summed E-state index contributed by atoms with van der Waals surface area (Å²) in [7, 11) is -3.43. The van der Waals surface area contributed by atoms with E-state index in [9.17, 15) is 27.6 Å². The van der Waals surface area contributed by atoms with Gasteiger partial charge in [-0.3, -0.25) is 18.7 Å². The largest absolute Gasteiger partial charge is 0.428 e. The van der Waals surface area contributed by atoms with Gasteiger partial charge in [-0.2, -0.15) is 0 Å². The molecule has 3 amide bonds. The molecular weight excluding hydrogens is 516 g/mol. The Balaban J connectivity index is 1.49. The number of ether oxygens (including phenoxy) is 2. The molecule has 1 aromatic carbocycles. The lowest BCUT2D eigenvalue weighted by Gasteiger charge is -2.40. The molecular formula is C25H36N4O8S. The van der Waals surface area contributed by atoms with Crippen molar-refractivity contribution in [2.75, 3.05) is 43.5 Å². The second-order valence-corrected chi connectivity index (χ2v) is 12.5. The van der Waals surface area contributed by atoms with Crippen molar-refractivity contribution in [3.63, 3.8) is 0 Å². The number of fused-ring (bicyclic) bond motifs is 2. The average Bonchev–Trinajstić information content (AvgIpc) is 3.16. The van der Waals surface area contributed by atoms with Crippen LogP contribution in [0.2, 0.25) is 0 Å². The molecule has 0 unspecified atom stereocenters. The molecule has 0 aromatic heterocycles. The van der Waals surface area contributed by atoms with Crippen molar-refractivity contribution < 1.29 is 37.1 Å². The third kappa shape index (κ3) is 6.55. The minimum atomic E-state index is -3.43. The Morgan fingerprint density at radius 1 is 1.08 bits per heavy atom. The van der Waals surface area contributed by atoms with Gasteiger partial charge in [-0.15, -0.1) is 0 Å². The third-order valence-corrected chi connectivity index (χ3v) is 8.04. The summed E-state index contributed by atoms with van der Waals surface area (Å²) >= 11 is 0. The van der Waals surface area contributed by atoms with Crippen LogP contribution < -0.4 is 14.9 Å². The molecule has 0 bridgehead atoms. The SMILES string of the molecule is CC(C)C(=O)OCOC(=O)NC(C)(C)C(=O)NCC(=O)N1CCC2(CC1)CN(S(C)(=O)=O)c1ccccc12. The van der Waals surface area contributed by atoms with Crippen LogP contribution in [0.3, 0.4) is 0 Å². The summed E-state index contributed by atoms with van der Waals surface area (Å²) in [5, 5.41) is 4.92. The van der Waals surface area contributed by atoms with Gasteiger partial charge in [-0.25, -0.2) is 13.2 Å². The predicted octanol–water partition coefficient (Wildman–Crippen LogP) is 1.10. The molecule has 3 rings (SSSR count). The van der Waals surface area contributed by atoms with Crippen molar-refractivity contribution in [1.82, 2.24) is 15.5 Å². The van der Waals surface area contributed by atoms with E-state index in [4.69, 9.17) is 9.47 Å². The van der Waals surface area contributed by atoms with Crippen molar-refractivity contribution in [2.24, 2.45) is 5.92 Å². The lowest BCUT2D eigenvalue weighted by atomic mass is 9.74. The van der Waals surface area contributed by atoms with Gasteiger partial charge in [0.2, 0.25) is 28.6 Å². The van der Waals surface area contributed by atoms with E-state index in [1.807, 2.05) is 24.3 Å². The normalized spacial score (nSPS) is 16.7. The number of hydrogen-bond acceptors (Lipinski definition) is 8. The van der Waals surface area contributed by atoms with Crippen LogP contribution in [0, 0.1) is 5.92 Å². The third-order valence-electron chi connectivity index (χ3n) is 6.91. The second-order valence-electron chi connectivity index (χ2n) is 10.5. The lowest BCUT2D eigenvalue weighted by Crippen LogP contribution is -2.57. The molecule has 13 heteroatoms. The van der Waals surface area contributed by atoms with E-state index in [2.05, 4.69) is 10.6 Å². The van der Waals surface area contributed by atoms with Crippen molar-refractivity contribution in [2.45, 2.75) is 51.5 Å². The van der Waals surface area contributed by atoms with Crippen LogP contribution in [0.1, 0.15) is 46.1 Å². The maximum Gasteiger partial charge on any atom is 0.410 e. The van der Waals surface area contributed by atoms with E-state index in [0.29, 0.717) is 38.2 Å². The van der Waals surface area contributed by atoms with Gasteiger partial charge in [0.15, 0.2) is 0 Å². The van der Waals surface area contributed by atoms with Crippen LogP contribution in [-0.2, 0) is 39.3 Å². The molecule has 0 atom stereocenters. The lowest BCUT2D eigenvalue weighted by molar-refractivity contribution is -0.155. The highest BCUT2D eigenvalue weighted by atomic mass is 32.2. The zero-order valence-corrected chi connectivity index (χ0v) is 23.2. The van der Waals surface area contributed by atoms with E-state index in [-0.39, 0.29) is 23.8 Å². The van der Waals surface area contributed by atoms with E-state index in [0.717, 1.165) is 5.56 Å². The molecule has 0 radical (unpaired) electrons. The fourth-order valence-electron chi connectivity index (χ4n) is 4.64. The number of sulfonamides is 1. The number of esters is 1. The Morgan fingerprint density at radius 3 is 2.32 bits per heavy atom. The predicted molar refractivity (Wildman–Crippen MR) is 139 cm³/mol. The maximum atomic E-state index is 12.8. The number of alkyl carbamates (subject to hydrolysis) is 1. The number of piperidine rings is 1. The molecule has 2 N–H and O–H groups in total. The Morgan fingerprint density at radius 2 is 1.71 bits per heavy atom. The number of anilines is 1. The molecule has 38 heavy (non-hydrogen) atoms. The van der Waals surface area contributed by atoms with Crippen LogP contribution in [-0.4, -0.2) is 82.0 Å². The van der Waals surface area contributed by atoms with Gasteiger partial charge >= 0.3 is 12.1 Å². The number of likely N-dealkylation sites (tertiary alicyclic amines) is 1. The van der Waals surface area contributed by atoms with E-state index in [1.165, 1.54) is 24.4 Å². The fraction of sp³-hybridized carbons (Fsp3) is 0.600. The standard InChI is InChI=1S/C25H36N4O8S/c1-17(2)21(31)36-16-37-23(33)27-24(3,4)22(32)26-14-20(30)28-12-10-25(11-13-28)15-29(38(5,34)35)19-9-7-6-8-18(19)25/h6-9,17H,10-16H2,1-5H3,(H,26,32)(H,27,33). The number of carbonyl (C=O) groups is 4. The average molecular weight is 553 g/mol. The van der Waals surface area contributed by atoms with Gasteiger partial charge < -0.3 is 25.0 Å². The van der Waals surface area contributed by atoms with E-state index >= 15 is 0 Å². The van der Waals surface area contributed by atoms with Crippen molar-refractivity contribution in [3.05, 3.63) is 29.8 Å². The van der Waals surface area contributed by atoms with Gasteiger partial charge in [0.25, 0.3) is 0 Å². The maximum absolute atomic E-state index is 12.8. The summed E-state index contributed by atoms with van der Waals surface area (Å²) in [5.41, 5.74) is -0.0957. The molecule has 1 aromatic rings. The molecule has 2 aliphatic rings. The van der Waals surface area contributed by atoms with Crippen molar-refractivity contribution >= 4 is 39.6 Å². The summed E-state index contributed by atoms with van der Waals surface area (Å²) in [6, 6.07) is 7.47. The van der Waals surface area contributed by atoms with Crippen LogP contribution in [0.4, 0.5) is 10.5 Å². The van der Waals surface area contributed by atoms with Crippen LogP contribution >= 0.6 is 0 Å². The van der Waals surface area contributed by atoms with E-state index < -0.39 is 40.3 Å². The summed E-state index contributed by atoms with van der Waals surface area (Å²) in [4.78, 5) is 50.5. The molecule has 0 saturated carbocycles. The Kier molecular flexibility index (Phi) is 8.59. The Labute approximate surface area is 223 Å². The van der Waals surface area contributed by atoms with Gasteiger partial charge in [0.1, 0.15) is 5.54 Å². The van der Waals surface area contributed by atoms with Crippen LogP contribution in [0.25, 0.3) is 0 Å². The summed E-state index contributed by atoms with van der Waals surface area (Å²) in [5.74, 6) is -1.77. The highest BCUT2D eigenvalue weighted by Crippen LogP contribution is 2.47. The monoisotopic (exact) mass is 552 g/mol. The summed E-state index contributed by atoms with van der Waals surface area (Å²) in [6.07, 6.45) is 1.43. The summed E-state index contributed by atoms with van der Waals surface area (Å²) < 4.78 is 35.7. The van der Waals surface area contributed by atoms with Crippen molar-refractivity contribution in [3.8, 4) is 0 Å². The molecule has 1 spiro atoms. The fourth-order valence-corrected chi connectivity index (χ4v) is 5.63. The van der Waals surface area contributed by atoms with Crippen LogP contribution in [0.15, 0.2) is 24.3 Å². The topological polar surface area (TPSA) is 151 Å². The first kappa shape index (κ1) is 29.2. The van der Waals surface area contributed by atoms with Crippen LogP contribution in [0.5, 0.6) is 0 Å². The quantitative estimate of drug-likeness (QED) is 0.359. The number of amides is 3. The number of rotatable bonds is 8. The number of nitrogens with zero attached hydrogens (tertiary/aromatic N) is 2. The smallest absolute Gasteiger partial charge is 0.410 e. The highest BCUT2D eigenvalue weighted by molar-refractivity contribution is 7.92. The second kappa shape index (κ2) is 11.2. The first-order valence-electron chi connectivity index (χ1n) is 12.4. The number of carbonyl (C=O) groups excluding carboxylic acids is 4. The minimum absolute atomic E-state index is 0.260. The first-order valence-corrected chi connectivity index (χ1v) is 14.3. The molecule has 1 fully saturated rings. The highest BCUT2D eigenvalue weighted by Gasteiger charge is 2.47. The molecule has 12 nitrogen and oxygen atoms in total. The summed E-state index contributed by atoms with van der Waals surface area (Å²) in [6.45, 7) is 6.52. The van der Waals surface area contributed by atoms with Gasteiger partial charge in [0.05, 0.1) is 24.4 Å². The van der Waals surface area contributed by atoms with Gasteiger partial charge in [-0.1, -0.05) is 32.0 Å². The molecule has 1 saturated heterocycles. The Hall–Kier alpha value is -3.35. The van der Waals surface area contributed by atoms with Crippen molar-refractivity contribution in [1.29, 1.82) is 0 Å². The molecule has 0 aliphatic carbocycles. The number of nitrogens with one attached hydrogen (secondary N) is 2. The number of benzene rings is 1. The van der Waals surface area contributed by atoms with Gasteiger partial charge in [0, 0.05) is 25.0 Å². The zero-order valence-electron chi connectivity index (χ0n) is 22.4. The molecule has 2 heterocycles. The van der Waals surface area contributed by atoms with E-state index in [1.54, 1.807) is 18.7 Å². The zero-order chi connectivity index (χ0) is 28.3. The minimum Gasteiger partial charge on any atom is -0.428 e. The molecule has 210 valence electrons. The Bertz CT molecular complexity index is 1190. The number of hydrogen-bond donors (Lipinski definition) is 2. The first-order chi connectivity index (χ1) is 17.7. The van der Waals surface area contributed by atoms with Gasteiger partial charge in [-0.05, 0) is 38.3 Å².